The van der Waals surface area contributed by atoms with E-state index in [-0.39, 0.29) is 30.5 Å². The summed E-state index contributed by atoms with van der Waals surface area (Å²) in [6.07, 6.45) is -3.32. The van der Waals surface area contributed by atoms with E-state index in [1.54, 1.807) is 23.1 Å². The maximum atomic E-state index is 13.4. The molecule has 1 amide bonds. The summed E-state index contributed by atoms with van der Waals surface area (Å²) in [5, 5.41) is 19.1. The molecule has 2 aromatic rings. The van der Waals surface area contributed by atoms with Crippen molar-refractivity contribution in [2.75, 3.05) is 44.3 Å². The molecule has 2 aliphatic heterocycles. The van der Waals surface area contributed by atoms with E-state index in [1.165, 1.54) is 6.07 Å². The fraction of sp³-hybridized carbons (Fsp3) is 0.462. The Hall–Kier alpha value is -3.25. The minimum atomic E-state index is -4.60. The van der Waals surface area contributed by atoms with Crippen LogP contribution in [0.4, 0.5) is 18.9 Å². The van der Waals surface area contributed by atoms with E-state index >= 15 is 0 Å². The number of carbonyl (C=O) groups excluding carboxylic acids is 1. The third-order valence-corrected chi connectivity index (χ3v) is 7.29. The quantitative estimate of drug-likeness (QED) is 0.690. The summed E-state index contributed by atoms with van der Waals surface area (Å²) in [5.41, 5.74) is -0.162. The first kappa shape index (κ1) is 24.9. The number of alkyl halides is 3. The van der Waals surface area contributed by atoms with Gasteiger partial charge in [-0.3, -0.25) is 4.79 Å². The fourth-order valence-electron chi connectivity index (χ4n) is 5.25. The van der Waals surface area contributed by atoms with Gasteiger partial charge in [0.25, 0.3) is 5.91 Å². The van der Waals surface area contributed by atoms with Gasteiger partial charge < -0.3 is 19.6 Å². The van der Waals surface area contributed by atoms with Crippen molar-refractivity contribution >= 4 is 11.6 Å². The molecule has 0 radical (unpaired) electrons. The Morgan fingerprint density at radius 1 is 1.23 bits per heavy atom. The first-order chi connectivity index (χ1) is 16.6. The molecule has 0 saturated carbocycles. The number of hydrogen-bond donors (Lipinski definition) is 1. The van der Waals surface area contributed by atoms with Crippen LogP contribution in [0.5, 0.6) is 5.75 Å². The largest absolute Gasteiger partial charge is 0.484 e. The first-order valence-corrected chi connectivity index (χ1v) is 11.6. The average Bonchev–Trinajstić information content (AvgIpc) is 3.20. The number of aliphatic hydroxyl groups excluding tert-OH is 1. The van der Waals surface area contributed by atoms with Crippen LogP contribution >= 0.6 is 0 Å². The highest BCUT2D eigenvalue weighted by Gasteiger charge is 2.49. The summed E-state index contributed by atoms with van der Waals surface area (Å²) in [4.78, 5) is 16.5. The van der Waals surface area contributed by atoms with E-state index in [0.717, 1.165) is 11.6 Å². The van der Waals surface area contributed by atoms with Gasteiger partial charge in [-0.25, -0.2) is 0 Å². The van der Waals surface area contributed by atoms with Crippen molar-refractivity contribution in [1.82, 2.24) is 4.90 Å². The lowest BCUT2D eigenvalue weighted by Gasteiger charge is -2.43. The van der Waals surface area contributed by atoms with Gasteiger partial charge in [-0.2, -0.15) is 18.4 Å². The van der Waals surface area contributed by atoms with Gasteiger partial charge in [0.15, 0.2) is 6.61 Å². The van der Waals surface area contributed by atoms with Crippen molar-refractivity contribution in [3.05, 3.63) is 59.2 Å². The Kier molecular flexibility index (Phi) is 6.95. The number of aryl methyl sites for hydroxylation is 1. The Balaban J connectivity index is 1.41. The van der Waals surface area contributed by atoms with Gasteiger partial charge in [0.05, 0.1) is 17.2 Å². The Morgan fingerprint density at radius 3 is 2.60 bits per heavy atom. The van der Waals surface area contributed by atoms with Crippen LogP contribution in [0.25, 0.3) is 0 Å². The van der Waals surface area contributed by atoms with Crippen LogP contribution in [0, 0.1) is 29.6 Å². The zero-order valence-corrected chi connectivity index (χ0v) is 19.5. The number of piperidine rings is 1. The maximum absolute atomic E-state index is 13.4. The lowest BCUT2D eigenvalue weighted by molar-refractivity contribution is -0.137. The number of likely N-dealkylation sites (tertiary alicyclic amines) is 1. The summed E-state index contributed by atoms with van der Waals surface area (Å²) in [7, 11) is 0. The van der Waals surface area contributed by atoms with Crippen LogP contribution in [-0.2, 0) is 11.0 Å². The first-order valence-electron chi connectivity index (χ1n) is 11.6. The number of nitrogens with zero attached hydrogens (tertiary/aromatic N) is 3. The molecule has 2 saturated heterocycles. The molecule has 2 fully saturated rings. The van der Waals surface area contributed by atoms with E-state index in [4.69, 9.17) is 10.00 Å². The molecule has 1 unspecified atom stereocenters. The molecule has 9 heteroatoms. The molecule has 1 N–H and O–H groups in total. The second kappa shape index (κ2) is 9.78. The van der Waals surface area contributed by atoms with E-state index in [1.807, 2.05) is 30.0 Å². The molecule has 35 heavy (non-hydrogen) atoms. The van der Waals surface area contributed by atoms with Gasteiger partial charge >= 0.3 is 6.18 Å². The van der Waals surface area contributed by atoms with Gasteiger partial charge in [0.2, 0.25) is 0 Å². The molecule has 4 rings (SSSR count). The van der Waals surface area contributed by atoms with Gasteiger partial charge in [-0.1, -0.05) is 12.1 Å². The predicted octanol–water partition coefficient (Wildman–Crippen LogP) is 4.00. The van der Waals surface area contributed by atoms with Crippen LogP contribution < -0.4 is 9.64 Å². The molecule has 6 nitrogen and oxygen atoms in total. The fourth-order valence-corrected chi connectivity index (χ4v) is 5.25. The third-order valence-electron chi connectivity index (χ3n) is 7.29. The second-order valence-corrected chi connectivity index (χ2v) is 9.45. The smallest absolute Gasteiger partial charge is 0.417 e. The Morgan fingerprint density at radius 2 is 1.97 bits per heavy atom. The minimum Gasteiger partial charge on any atom is -0.484 e. The monoisotopic (exact) mass is 487 g/mol. The van der Waals surface area contributed by atoms with Gasteiger partial charge in [-0.15, -0.1) is 0 Å². The summed E-state index contributed by atoms with van der Waals surface area (Å²) in [5.74, 6) is 0.380. The van der Waals surface area contributed by atoms with E-state index in [2.05, 4.69) is 0 Å². The van der Waals surface area contributed by atoms with Crippen LogP contribution in [0.1, 0.15) is 29.5 Å². The van der Waals surface area contributed by atoms with Crippen LogP contribution in [0.3, 0.4) is 0 Å². The molecule has 1 atom stereocenters. The standard InChI is InChI=1S/C26H28F3N3O3/c1-18-3-2-4-22(11-18)35-16-24(34)32-14-20(15-33)25(17-32)7-9-31(10-8-25)21-6-5-19(13-30)23(12-21)26(27,28)29/h2-6,11-12,20,33H,7-10,14-17H2,1H3. The lowest BCUT2D eigenvalue weighted by atomic mass is 9.71. The van der Waals surface area contributed by atoms with Crippen molar-refractivity contribution in [3.63, 3.8) is 0 Å². The lowest BCUT2D eigenvalue weighted by Crippen LogP contribution is -2.45. The summed E-state index contributed by atoms with van der Waals surface area (Å²) < 4.78 is 45.8. The van der Waals surface area contributed by atoms with E-state index < -0.39 is 17.3 Å². The summed E-state index contributed by atoms with van der Waals surface area (Å²) in [6.45, 7) is 3.72. The zero-order valence-electron chi connectivity index (χ0n) is 19.5. The van der Waals surface area contributed by atoms with E-state index in [0.29, 0.717) is 50.5 Å². The third kappa shape index (κ3) is 5.22. The number of nitriles is 1. The Labute approximate surface area is 202 Å². The average molecular weight is 488 g/mol. The van der Waals surface area contributed by atoms with Crippen molar-refractivity contribution in [3.8, 4) is 11.8 Å². The molecule has 2 aliphatic rings. The molecule has 0 aliphatic carbocycles. The number of anilines is 1. The number of benzene rings is 2. The highest BCUT2D eigenvalue weighted by molar-refractivity contribution is 5.78. The minimum absolute atomic E-state index is 0.0579. The van der Waals surface area contributed by atoms with Gasteiger partial charge in [0.1, 0.15) is 5.75 Å². The molecule has 0 aromatic heterocycles. The molecule has 186 valence electrons. The van der Waals surface area contributed by atoms with Gasteiger partial charge in [-0.05, 0) is 61.1 Å². The number of ether oxygens (including phenoxy) is 1. The topological polar surface area (TPSA) is 76.8 Å². The number of carbonyl (C=O) groups is 1. The van der Waals surface area contributed by atoms with Crippen LogP contribution in [-0.4, -0.2) is 55.3 Å². The maximum Gasteiger partial charge on any atom is 0.417 e. The second-order valence-electron chi connectivity index (χ2n) is 9.45. The number of hydrogen-bond acceptors (Lipinski definition) is 5. The molecular formula is C26H28F3N3O3. The van der Waals surface area contributed by atoms with E-state index in [9.17, 15) is 23.1 Å². The predicted molar refractivity (Wildman–Crippen MR) is 124 cm³/mol. The van der Waals surface area contributed by atoms with Crippen molar-refractivity contribution in [2.45, 2.75) is 25.9 Å². The Bertz CT molecular complexity index is 1120. The highest BCUT2D eigenvalue weighted by Crippen LogP contribution is 2.45. The molecule has 1 spiro atoms. The molecular weight excluding hydrogens is 459 g/mol. The normalized spacial score (nSPS) is 19.6. The summed E-state index contributed by atoms with van der Waals surface area (Å²) >= 11 is 0. The SMILES string of the molecule is Cc1cccc(OCC(=O)N2CC(CO)C3(CCN(c4ccc(C#N)c(C(F)(F)F)c4)CC3)C2)c1. The molecule has 2 aromatic carbocycles. The zero-order chi connectivity index (χ0) is 25.2. The van der Waals surface area contributed by atoms with Crippen molar-refractivity contribution in [2.24, 2.45) is 11.3 Å². The van der Waals surface area contributed by atoms with Crippen LogP contribution in [0.15, 0.2) is 42.5 Å². The van der Waals surface area contributed by atoms with Crippen molar-refractivity contribution in [1.29, 1.82) is 5.26 Å². The highest BCUT2D eigenvalue weighted by atomic mass is 19.4. The number of aliphatic hydroxyl groups is 1. The number of amides is 1. The van der Waals surface area contributed by atoms with Crippen LogP contribution in [0.2, 0.25) is 0 Å². The molecule has 2 heterocycles. The summed E-state index contributed by atoms with van der Waals surface area (Å²) in [6, 6.07) is 12.9. The number of halogens is 3. The van der Waals surface area contributed by atoms with Crippen molar-refractivity contribution < 1.29 is 27.8 Å². The van der Waals surface area contributed by atoms with Gasteiger partial charge in [0, 0.05) is 44.4 Å². The number of rotatable bonds is 5. The molecule has 0 bridgehead atoms.